The van der Waals surface area contributed by atoms with Gasteiger partial charge in [0, 0.05) is 4.88 Å². The van der Waals surface area contributed by atoms with Crippen LogP contribution in [0.2, 0.25) is 0 Å². The van der Waals surface area contributed by atoms with Gasteiger partial charge in [0.1, 0.15) is 5.00 Å². The third kappa shape index (κ3) is 2.45. The lowest BCUT2D eigenvalue weighted by Gasteiger charge is -2.05. The molecule has 0 unspecified atom stereocenters. The minimum Gasteiger partial charge on any atom is -0.465 e. The number of nitrogens with two attached hydrogens (primary N) is 1. The topological polar surface area (TPSA) is 111 Å². The maximum absolute atomic E-state index is 11.8. The number of thiophene rings is 1. The molecule has 0 saturated heterocycles. The Morgan fingerprint density at radius 2 is 2.00 bits per heavy atom. The van der Waals surface area contributed by atoms with E-state index in [2.05, 4.69) is 5.32 Å². The van der Waals surface area contributed by atoms with Crippen LogP contribution in [0.3, 0.4) is 0 Å². The number of methoxy groups -OCH3 is 1. The summed E-state index contributed by atoms with van der Waals surface area (Å²) in [5.41, 5.74) is 2.98. The van der Waals surface area contributed by atoms with E-state index >= 15 is 0 Å². The summed E-state index contributed by atoms with van der Waals surface area (Å²) in [6, 6.07) is 0. The Balaban J connectivity index is 2.33. The van der Waals surface area contributed by atoms with Crippen LogP contribution in [0.1, 0.15) is 27.2 Å². The second kappa shape index (κ2) is 5.37. The number of aryl methyl sites for hydroxylation is 1. The molecule has 0 fully saturated rings. The zero-order valence-electron chi connectivity index (χ0n) is 10.2. The van der Waals surface area contributed by atoms with Crippen molar-refractivity contribution in [3.8, 4) is 0 Å². The molecule has 0 radical (unpaired) electrons. The monoisotopic (exact) mass is 283 g/mol. The molecule has 1 heterocycles. The number of hydrogen-bond acceptors (Lipinski definition) is 6. The van der Waals surface area contributed by atoms with E-state index in [-0.39, 0.29) is 0 Å². The van der Waals surface area contributed by atoms with Crippen LogP contribution in [0.5, 0.6) is 0 Å². The Morgan fingerprint density at radius 1 is 1.26 bits per heavy atom. The summed E-state index contributed by atoms with van der Waals surface area (Å²) in [7, 11) is 1.28. The normalized spacial score (nSPS) is 12.7. The van der Waals surface area contributed by atoms with E-state index < -0.39 is 17.8 Å². The summed E-state index contributed by atoms with van der Waals surface area (Å²) in [5.74, 6) is 2.49. The van der Waals surface area contributed by atoms with E-state index in [1.807, 2.05) is 0 Å². The van der Waals surface area contributed by atoms with Crippen molar-refractivity contribution < 1.29 is 19.1 Å². The van der Waals surface area contributed by atoms with Gasteiger partial charge >= 0.3 is 17.8 Å². The van der Waals surface area contributed by atoms with Gasteiger partial charge in [0.05, 0.1) is 12.7 Å². The van der Waals surface area contributed by atoms with Gasteiger partial charge in [0.25, 0.3) is 0 Å². The highest BCUT2D eigenvalue weighted by Gasteiger charge is 2.28. The maximum Gasteiger partial charge on any atom is 0.341 e. The van der Waals surface area contributed by atoms with Gasteiger partial charge in [0.15, 0.2) is 0 Å². The summed E-state index contributed by atoms with van der Waals surface area (Å²) in [6.45, 7) is 0. The largest absolute Gasteiger partial charge is 0.465 e. The van der Waals surface area contributed by atoms with E-state index in [4.69, 9.17) is 10.6 Å². The predicted octanol–water partition coefficient (Wildman–Crippen LogP) is -0.0482. The molecule has 8 heteroatoms. The summed E-state index contributed by atoms with van der Waals surface area (Å²) < 4.78 is 4.72. The first-order valence-corrected chi connectivity index (χ1v) is 6.45. The molecule has 0 spiro atoms. The van der Waals surface area contributed by atoms with Crippen molar-refractivity contribution in [2.75, 3.05) is 12.4 Å². The van der Waals surface area contributed by atoms with E-state index in [1.54, 1.807) is 5.43 Å². The lowest BCUT2D eigenvalue weighted by molar-refractivity contribution is -0.136. The Bertz CT molecular complexity index is 552. The Kier molecular flexibility index (Phi) is 3.82. The Morgan fingerprint density at radius 3 is 2.63 bits per heavy atom. The first-order chi connectivity index (χ1) is 9.08. The number of hydrogen-bond donors (Lipinski definition) is 3. The van der Waals surface area contributed by atoms with Gasteiger partial charge in [-0.3, -0.25) is 15.0 Å². The number of esters is 1. The van der Waals surface area contributed by atoms with E-state index in [0.29, 0.717) is 10.6 Å². The zero-order chi connectivity index (χ0) is 14.0. The number of hydrazine groups is 1. The number of rotatable bonds is 2. The number of nitrogens with one attached hydrogen (secondary N) is 2. The van der Waals surface area contributed by atoms with Gasteiger partial charge in [-0.15, -0.1) is 11.3 Å². The fourth-order valence-electron chi connectivity index (χ4n) is 2.04. The fourth-order valence-corrected chi connectivity index (χ4v) is 3.31. The van der Waals surface area contributed by atoms with Gasteiger partial charge < -0.3 is 10.1 Å². The predicted molar refractivity (Wildman–Crippen MR) is 68.6 cm³/mol. The fraction of sp³-hybridized carbons (Fsp3) is 0.364. The van der Waals surface area contributed by atoms with Crippen molar-refractivity contribution in [3.05, 3.63) is 16.0 Å². The zero-order valence-corrected chi connectivity index (χ0v) is 11.1. The molecule has 1 aromatic heterocycles. The third-order valence-corrected chi connectivity index (χ3v) is 4.08. The van der Waals surface area contributed by atoms with E-state index in [1.165, 1.54) is 18.4 Å². The minimum absolute atomic E-state index is 0.338. The smallest absolute Gasteiger partial charge is 0.341 e. The standard InChI is InChI=1S/C11H13N3O4S/c1-18-11(17)7-5-3-2-4-6(5)19-10(7)13-8(15)9(16)14-12/h2-4,12H2,1H3,(H,13,15)(H,14,16). The van der Waals surface area contributed by atoms with Crippen molar-refractivity contribution in [2.24, 2.45) is 5.84 Å². The first-order valence-electron chi connectivity index (χ1n) is 5.63. The molecule has 1 aliphatic rings. The lowest BCUT2D eigenvalue weighted by atomic mass is 10.1. The van der Waals surface area contributed by atoms with Crippen LogP contribution >= 0.6 is 11.3 Å². The third-order valence-electron chi connectivity index (χ3n) is 2.88. The molecular weight excluding hydrogens is 270 g/mol. The molecule has 2 rings (SSSR count). The molecule has 7 nitrogen and oxygen atoms in total. The average molecular weight is 283 g/mol. The first kappa shape index (κ1) is 13.5. The van der Waals surface area contributed by atoms with Gasteiger partial charge in [-0.2, -0.15) is 0 Å². The molecule has 2 amide bonds. The van der Waals surface area contributed by atoms with Crippen LogP contribution in [0.4, 0.5) is 5.00 Å². The maximum atomic E-state index is 11.8. The van der Waals surface area contributed by atoms with Crippen LogP contribution in [0.15, 0.2) is 0 Å². The second-order valence-corrected chi connectivity index (χ2v) is 5.09. The molecule has 0 saturated carbocycles. The molecule has 1 aromatic rings. The highest BCUT2D eigenvalue weighted by atomic mass is 32.1. The number of anilines is 1. The number of ether oxygens (including phenoxy) is 1. The molecule has 0 bridgehead atoms. The van der Waals surface area contributed by atoms with Crippen molar-refractivity contribution in [2.45, 2.75) is 19.3 Å². The molecule has 0 aliphatic heterocycles. The molecule has 4 N–H and O–H groups in total. The summed E-state index contributed by atoms with van der Waals surface area (Å²) >= 11 is 1.29. The highest BCUT2D eigenvalue weighted by Crippen LogP contribution is 2.39. The van der Waals surface area contributed by atoms with Gasteiger partial charge in [0.2, 0.25) is 0 Å². The van der Waals surface area contributed by atoms with Crippen LogP contribution < -0.4 is 16.6 Å². The molecule has 102 valence electrons. The molecule has 0 aromatic carbocycles. The average Bonchev–Trinajstić information content (AvgIpc) is 2.96. The molecule has 1 aliphatic carbocycles. The molecule has 19 heavy (non-hydrogen) atoms. The van der Waals surface area contributed by atoms with Crippen LogP contribution in [-0.2, 0) is 27.2 Å². The van der Waals surface area contributed by atoms with Crippen molar-refractivity contribution in [1.82, 2.24) is 5.43 Å². The van der Waals surface area contributed by atoms with Crippen LogP contribution in [0, 0.1) is 0 Å². The number of fused-ring (bicyclic) bond motifs is 1. The van der Waals surface area contributed by atoms with Gasteiger partial charge in [-0.05, 0) is 24.8 Å². The van der Waals surface area contributed by atoms with Crippen molar-refractivity contribution in [3.63, 3.8) is 0 Å². The summed E-state index contributed by atoms with van der Waals surface area (Å²) in [6.07, 6.45) is 2.61. The number of carbonyl (C=O) groups is 3. The van der Waals surface area contributed by atoms with Crippen LogP contribution in [0.25, 0.3) is 0 Å². The van der Waals surface area contributed by atoms with Gasteiger partial charge in [-0.1, -0.05) is 0 Å². The van der Waals surface area contributed by atoms with Crippen molar-refractivity contribution >= 4 is 34.1 Å². The quantitative estimate of drug-likeness (QED) is 0.232. The lowest BCUT2D eigenvalue weighted by Crippen LogP contribution is -2.39. The van der Waals surface area contributed by atoms with Crippen molar-refractivity contribution in [1.29, 1.82) is 0 Å². The second-order valence-electron chi connectivity index (χ2n) is 3.98. The van der Waals surface area contributed by atoms with Crippen LogP contribution in [-0.4, -0.2) is 24.9 Å². The summed E-state index contributed by atoms with van der Waals surface area (Å²) in [5, 5.41) is 2.73. The number of carbonyl (C=O) groups excluding carboxylic acids is 3. The molecule has 0 atom stereocenters. The Labute approximate surface area is 113 Å². The highest BCUT2D eigenvalue weighted by molar-refractivity contribution is 7.17. The summed E-state index contributed by atoms with van der Waals surface area (Å²) in [4.78, 5) is 35.4. The SMILES string of the molecule is COC(=O)c1c(NC(=O)C(=O)NN)sc2c1CCC2. The minimum atomic E-state index is -0.968. The van der Waals surface area contributed by atoms with E-state index in [0.717, 1.165) is 29.7 Å². The Hall–Kier alpha value is -1.93. The van der Waals surface area contributed by atoms with Gasteiger partial charge in [-0.25, -0.2) is 10.6 Å². The van der Waals surface area contributed by atoms with E-state index in [9.17, 15) is 14.4 Å². The number of amides is 2. The molecular formula is C11H13N3O4S.